The minimum atomic E-state index is -0.205. The van der Waals surface area contributed by atoms with Gasteiger partial charge in [-0.3, -0.25) is 0 Å². The van der Waals surface area contributed by atoms with E-state index in [9.17, 15) is 0 Å². The van der Waals surface area contributed by atoms with Crippen molar-refractivity contribution in [2.24, 2.45) is 0 Å². The maximum atomic E-state index is 2.62. The molecule has 0 fully saturated rings. The first kappa shape index (κ1) is 34.9. The maximum Gasteiger partial charge on any atom is 0.0511 e. The molecule has 0 saturated carbocycles. The number of hydrogen-bond acceptors (Lipinski definition) is 1. The fourth-order valence-corrected chi connectivity index (χ4v) is 10.1. The number of hydrogen-bond donors (Lipinski definition) is 0. The summed E-state index contributed by atoms with van der Waals surface area (Å²) in [7, 11) is 0. The van der Waals surface area contributed by atoms with Crippen molar-refractivity contribution in [1.82, 2.24) is 0 Å². The Labute approximate surface area is 324 Å². The second-order valence-electron chi connectivity index (χ2n) is 19.9. The van der Waals surface area contributed by atoms with Gasteiger partial charge in [0.25, 0.3) is 0 Å². The van der Waals surface area contributed by atoms with Crippen molar-refractivity contribution < 1.29 is 0 Å². The van der Waals surface area contributed by atoms with Gasteiger partial charge in [-0.2, -0.15) is 0 Å². The lowest BCUT2D eigenvalue weighted by molar-refractivity contribution is 0.588. The predicted octanol–water partition coefficient (Wildman–Crippen LogP) is 14.7. The molecule has 0 atom stereocenters. The van der Waals surface area contributed by atoms with Gasteiger partial charge in [-0.15, -0.1) is 0 Å². The van der Waals surface area contributed by atoms with Crippen molar-refractivity contribution >= 4 is 17.1 Å². The lowest BCUT2D eigenvalue weighted by atomic mass is 9.78. The van der Waals surface area contributed by atoms with Gasteiger partial charge in [0.15, 0.2) is 0 Å². The van der Waals surface area contributed by atoms with Crippen molar-refractivity contribution in [2.75, 3.05) is 4.90 Å². The molecule has 0 aromatic heterocycles. The number of nitrogens with zero attached hydrogens (tertiary/aromatic N) is 1. The fourth-order valence-electron chi connectivity index (χ4n) is 10.1. The average molecular weight is 706 g/mol. The van der Waals surface area contributed by atoms with E-state index in [1.807, 2.05) is 0 Å². The fraction of sp³-hybridized carbons (Fsp3) is 0.321. The molecular weight excluding hydrogens is 651 g/mol. The van der Waals surface area contributed by atoms with Crippen LogP contribution in [0.1, 0.15) is 128 Å². The highest BCUT2D eigenvalue weighted by molar-refractivity contribution is 5.94. The highest BCUT2D eigenvalue weighted by Crippen LogP contribution is 2.58. The Morgan fingerprint density at radius 3 is 1.31 bits per heavy atom. The summed E-state index contributed by atoms with van der Waals surface area (Å²) >= 11 is 0. The van der Waals surface area contributed by atoms with E-state index in [-0.39, 0.29) is 27.1 Å². The van der Waals surface area contributed by atoms with Gasteiger partial charge in [0.1, 0.15) is 0 Å². The molecule has 0 saturated heterocycles. The van der Waals surface area contributed by atoms with Crippen molar-refractivity contribution in [1.29, 1.82) is 0 Å². The van der Waals surface area contributed by atoms with Crippen LogP contribution in [0.3, 0.4) is 0 Å². The first-order chi connectivity index (χ1) is 25.3. The van der Waals surface area contributed by atoms with E-state index in [1.54, 1.807) is 0 Å². The molecule has 6 aromatic rings. The summed E-state index contributed by atoms with van der Waals surface area (Å²) in [6, 6.07) is 44.9. The van der Waals surface area contributed by atoms with E-state index in [4.69, 9.17) is 0 Å². The molecule has 9 rings (SSSR count). The zero-order chi connectivity index (χ0) is 38.3. The van der Waals surface area contributed by atoms with Crippen molar-refractivity contribution in [3.8, 4) is 33.4 Å². The summed E-state index contributed by atoms with van der Waals surface area (Å²) in [4.78, 5) is 2.62. The van der Waals surface area contributed by atoms with E-state index < -0.39 is 0 Å². The zero-order valence-electron chi connectivity index (χ0n) is 34.4. The summed E-state index contributed by atoms with van der Waals surface area (Å²) in [6.45, 7) is 28.5. The predicted molar refractivity (Wildman–Crippen MR) is 231 cm³/mol. The van der Waals surface area contributed by atoms with Crippen LogP contribution in [0.2, 0.25) is 0 Å². The second-order valence-corrected chi connectivity index (χ2v) is 19.9. The maximum absolute atomic E-state index is 2.62. The standard InChI is InChI=1S/C53H55N/c1-49(2,3)32-21-26-44-40(27-32)41-28-33(50(4,5)6)29-47(48(41)53(44,11)12)54(34-22-24-38-36-17-13-15-19-42(36)51(7,8)45(38)30-34)35-23-25-39-37-18-14-16-20-43(37)52(9,10)46(39)31-35/h13-31H,1-12H3. The van der Waals surface area contributed by atoms with E-state index in [0.29, 0.717) is 0 Å². The minimum Gasteiger partial charge on any atom is -0.310 e. The Morgan fingerprint density at radius 1 is 0.370 bits per heavy atom. The van der Waals surface area contributed by atoms with Crippen LogP contribution in [0.15, 0.2) is 115 Å². The third-order valence-electron chi connectivity index (χ3n) is 13.3. The topological polar surface area (TPSA) is 3.24 Å². The molecule has 6 aromatic carbocycles. The molecule has 0 bridgehead atoms. The number of benzene rings is 6. The Kier molecular flexibility index (Phi) is 7.16. The van der Waals surface area contributed by atoms with Crippen molar-refractivity contribution in [2.45, 2.75) is 110 Å². The summed E-state index contributed by atoms with van der Waals surface area (Å²) in [5.74, 6) is 0. The van der Waals surface area contributed by atoms with Crippen LogP contribution in [0, 0.1) is 0 Å². The van der Waals surface area contributed by atoms with Crippen LogP contribution in [-0.4, -0.2) is 0 Å². The van der Waals surface area contributed by atoms with E-state index in [2.05, 4.69) is 203 Å². The van der Waals surface area contributed by atoms with Crippen LogP contribution >= 0.6 is 0 Å². The quantitative estimate of drug-likeness (QED) is 0.177. The normalized spacial score (nSPS) is 16.6. The molecule has 0 aliphatic heterocycles. The Bertz CT molecular complexity index is 2430. The van der Waals surface area contributed by atoms with Gasteiger partial charge in [-0.25, -0.2) is 0 Å². The molecule has 0 N–H and O–H groups in total. The number of fused-ring (bicyclic) bond motifs is 9. The van der Waals surface area contributed by atoms with E-state index in [1.165, 1.54) is 95.0 Å². The van der Waals surface area contributed by atoms with E-state index >= 15 is 0 Å². The average Bonchev–Trinajstić information content (AvgIpc) is 3.60. The smallest absolute Gasteiger partial charge is 0.0511 e. The molecule has 0 heterocycles. The molecule has 0 unspecified atom stereocenters. The summed E-state index contributed by atoms with van der Waals surface area (Å²) < 4.78 is 0. The minimum absolute atomic E-state index is 0.0485. The molecule has 54 heavy (non-hydrogen) atoms. The van der Waals surface area contributed by atoms with Gasteiger partial charge >= 0.3 is 0 Å². The third-order valence-corrected chi connectivity index (χ3v) is 13.3. The SMILES string of the molecule is CC(C)(C)c1ccc2c(c1)-c1cc(C(C)(C)C)cc(N(c3ccc4c(c3)C(C)(C)c3ccccc3-4)c3ccc4c(c3)C(C)(C)c3ccccc3-4)c1C2(C)C. The Morgan fingerprint density at radius 2 is 0.815 bits per heavy atom. The Hall–Kier alpha value is -4.88. The monoisotopic (exact) mass is 705 g/mol. The van der Waals surface area contributed by atoms with Crippen LogP contribution in [0.5, 0.6) is 0 Å². The number of anilines is 3. The molecule has 272 valence electrons. The molecule has 0 radical (unpaired) electrons. The van der Waals surface area contributed by atoms with Gasteiger partial charge in [-0.05, 0) is 119 Å². The zero-order valence-corrected chi connectivity index (χ0v) is 34.4. The van der Waals surface area contributed by atoms with Crippen LogP contribution in [0.25, 0.3) is 33.4 Å². The lowest BCUT2D eigenvalue weighted by Crippen LogP contribution is -2.23. The van der Waals surface area contributed by atoms with Gasteiger partial charge in [0.05, 0.1) is 5.69 Å². The first-order valence-corrected chi connectivity index (χ1v) is 19.9. The third kappa shape index (κ3) is 4.83. The summed E-state index contributed by atoms with van der Waals surface area (Å²) in [6.07, 6.45) is 0. The molecule has 1 nitrogen and oxygen atoms in total. The van der Waals surface area contributed by atoms with Crippen molar-refractivity contribution in [3.63, 3.8) is 0 Å². The van der Waals surface area contributed by atoms with Crippen molar-refractivity contribution in [3.05, 3.63) is 160 Å². The van der Waals surface area contributed by atoms with Crippen LogP contribution in [0.4, 0.5) is 17.1 Å². The highest BCUT2D eigenvalue weighted by atomic mass is 15.1. The Balaban J connectivity index is 1.35. The highest BCUT2D eigenvalue weighted by Gasteiger charge is 2.42. The molecular formula is C53H55N. The molecule has 3 aliphatic carbocycles. The van der Waals surface area contributed by atoms with E-state index in [0.717, 1.165) is 0 Å². The van der Waals surface area contributed by atoms with Gasteiger partial charge in [0.2, 0.25) is 0 Å². The second kappa shape index (κ2) is 11.1. The van der Waals surface area contributed by atoms with Gasteiger partial charge in [-0.1, -0.05) is 168 Å². The summed E-state index contributed by atoms with van der Waals surface area (Å²) in [5, 5.41) is 0. The molecule has 1 heteroatoms. The summed E-state index contributed by atoms with van der Waals surface area (Å²) in [5.41, 5.74) is 22.6. The van der Waals surface area contributed by atoms with Gasteiger partial charge < -0.3 is 4.90 Å². The number of rotatable bonds is 3. The molecule has 0 amide bonds. The largest absolute Gasteiger partial charge is 0.310 e. The first-order valence-electron chi connectivity index (χ1n) is 19.9. The molecule has 0 spiro atoms. The lowest BCUT2D eigenvalue weighted by Gasteiger charge is -2.35. The van der Waals surface area contributed by atoms with Crippen LogP contribution in [-0.2, 0) is 27.1 Å². The van der Waals surface area contributed by atoms with Crippen LogP contribution < -0.4 is 4.90 Å². The van der Waals surface area contributed by atoms with Gasteiger partial charge in [0, 0.05) is 27.6 Å². The molecule has 3 aliphatic rings.